The molecule has 1 aliphatic heterocycles. The molecule has 1 heterocycles. The Morgan fingerprint density at radius 1 is 0.895 bits per heavy atom. The Bertz CT molecular complexity index is 1180. The molecule has 2 aliphatic rings. The van der Waals surface area contributed by atoms with E-state index in [1.54, 1.807) is 0 Å². The highest BCUT2D eigenvalue weighted by Gasteiger charge is 2.41. The minimum absolute atomic E-state index is 0.0117. The highest BCUT2D eigenvalue weighted by Crippen LogP contribution is 2.45. The van der Waals surface area contributed by atoms with Gasteiger partial charge in [-0.05, 0) is 117 Å². The fourth-order valence-corrected chi connectivity index (χ4v) is 6.63. The van der Waals surface area contributed by atoms with E-state index in [4.69, 9.17) is 0 Å². The number of halogens is 1. The maximum Gasteiger partial charge on any atom is 0.255 e. The Kier molecular flexibility index (Phi) is 8.58. The number of likely N-dealkylation sites (tertiary alicyclic amines) is 1. The molecule has 0 spiro atoms. The van der Waals surface area contributed by atoms with Gasteiger partial charge in [0.15, 0.2) is 0 Å². The Labute approximate surface area is 227 Å². The molecule has 1 atom stereocenters. The van der Waals surface area contributed by atoms with E-state index in [1.807, 2.05) is 6.07 Å². The number of nitrogens with zero attached hydrogens (tertiary/aromatic N) is 1. The van der Waals surface area contributed by atoms with Crippen LogP contribution < -0.4 is 5.32 Å². The highest BCUT2D eigenvalue weighted by atomic mass is 19.1. The molecule has 38 heavy (non-hydrogen) atoms. The Morgan fingerprint density at radius 2 is 1.66 bits per heavy atom. The summed E-state index contributed by atoms with van der Waals surface area (Å²) in [6.45, 7) is 4.64. The summed E-state index contributed by atoms with van der Waals surface area (Å²) in [6, 6.07) is 25.2. The Hall–Kier alpha value is -2.98. The lowest BCUT2D eigenvalue weighted by Gasteiger charge is -2.49. The first-order valence-corrected chi connectivity index (χ1v) is 14.5. The number of rotatable bonds is 6. The SMILES string of the molecule is CC1CCC(c2cccc(NC(=O)c3ccc(F)cc3)c2)(N2CCCCC(Cc3ccccc3)CC2)CC1. The maximum absolute atomic E-state index is 13.3. The van der Waals surface area contributed by atoms with E-state index in [0.29, 0.717) is 5.56 Å². The van der Waals surface area contributed by atoms with Gasteiger partial charge in [0.1, 0.15) is 5.82 Å². The number of amides is 1. The lowest BCUT2D eigenvalue weighted by molar-refractivity contribution is 0.0229. The highest BCUT2D eigenvalue weighted by molar-refractivity contribution is 6.04. The van der Waals surface area contributed by atoms with Gasteiger partial charge < -0.3 is 5.32 Å². The van der Waals surface area contributed by atoms with Crippen LogP contribution in [0, 0.1) is 17.7 Å². The number of hydrogen-bond donors (Lipinski definition) is 1. The molecule has 200 valence electrons. The van der Waals surface area contributed by atoms with Crippen molar-refractivity contribution in [3.63, 3.8) is 0 Å². The van der Waals surface area contributed by atoms with Gasteiger partial charge in [-0.25, -0.2) is 4.39 Å². The minimum Gasteiger partial charge on any atom is -0.322 e. The monoisotopic (exact) mass is 512 g/mol. The van der Waals surface area contributed by atoms with Gasteiger partial charge in [0.25, 0.3) is 5.91 Å². The van der Waals surface area contributed by atoms with Gasteiger partial charge in [0, 0.05) is 16.8 Å². The predicted octanol–water partition coefficient (Wildman–Crippen LogP) is 8.22. The normalized spacial score (nSPS) is 24.8. The van der Waals surface area contributed by atoms with E-state index >= 15 is 0 Å². The van der Waals surface area contributed by atoms with Crippen LogP contribution in [0.5, 0.6) is 0 Å². The van der Waals surface area contributed by atoms with Crippen LogP contribution in [-0.4, -0.2) is 23.9 Å². The molecule has 1 amide bonds. The number of carbonyl (C=O) groups excluding carboxylic acids is 1. The molecular weight excluding hydrogens is 471 g/mol. The molecule has 0 bridgehead atoms. The quantitative estimate of drug-likeness (QED) is 0.361. The predicted molar refractivity (Wildman–Crippen MR) is 154 cm³/mol. The zero-order valence-corrected chi connectivity index (χ0v) is 22.7. The van der Waals surface area contributed by atoms with Crippen molar-refractivity contribution in [1.82, 2.24) is 4.90 Å². The topological polar surface area (TPSA) is 32.3 Å². The average molecular weight is 513 g/mol. The van der Waals surface area contributed by atoms with Gasteiger partial charge in [-0.15, -0.1) is 0 Å². The van der Waals surface area contributed by atoms with Crippen LogP contribution >= 0.6 is 0 Å². The van der Waals surface area contributed by atoms with Crippen LogP contribution in [0.25, 0.3) is 0 Å². The van der Waals surface area contributed by atoms with Crippen molar-refractivity contribution in [3.8, 4) is 0 Å². The van der Waals surface area contributed by atoms with E-state index < -0.39 is 0 Å². The zero-order chi connectivity index (χ0) is 26.4. The number of anilines is 1. The van der Waals surface area contributed by atoms with Crippen molar-refractivity contribution in [2.24, 2.45) is 11.8 Å². The van der Waals surface area contributed by atoms with Crippen molar-refractivity contribution < 1.29 is 9.18 Å². The summed E-state index contributed by atoms with van der Waals surface area (Å²) in [6.07, 6.45) is 11.0. The largest absolute Gasteiger partial charge is 0.322 e. The number of hydrogen-bond acceptors (Lipinski definition) is 2. The smallest absolute Gasteiger partial charge is 0.255 e. The Morgan fingerprint density at radius 3 is 2.42 bits per heavy atom. The van der Waals surface area contributed by atoms with Gasteiger partial charge in [0.05, 0.1) is 0 Å². The van der Waals surface area contributed by atoms with E-state index in [9.17, 15) is 9.18 Å². The molecule has 3 aromatic carbocycles. The molecule has 0 aromatic heterocycles. The molecule has 1 saturated carbocycles. The molecule has 4 heteroatoms. The number of nitrogens with one attached hydrogen (secondary N) is 1. The first-order valence-electron chi connectivity index (χ1n) is 14.5. The van der Waals surface area contributed by atoms with E-state index in [2.05, 4.69) is 65.7 Å². The van der Waals surface area contributed by atoms with Crippen LogP contribution in [0.15, 0.2) is 78.9 Å². The van der Waals surface area contributed by atoms with Gasteiger partial charge in [-0.3, -0.25) is 9.69 Å². The molecular formula is C34H41FN2O. The average Bonchev–Trinajstić information content (AvgIpc) is 2.92. The molecule has 1 unspecified atom stereocenters. The first kappa shape index (κ1) is 26.6. The molecule has 0 radical (unpaired) electrons. The van der Waals surface area contributed by atoms with Crippen LogP contribution in [0.4, 0.5) is 10.1 Å². The lowest BCUT2D eigenvalue weighted by Crippen LogP contribution is -2.50. The summed E-state index contributed by atoms with van der Waals surface area (Å²) in [5, 5.41) is 3.06. The van der Waals surface area contributed by atoms with Crippen LogP contribution in [0.1, 0.15) is 79.8 Å². The van der Waals surface area contributed by atoms with Gasteiger partial charge >= 0.3 is 0 Å². The van der Waals surface area contributed by atoms with Crippen molar-refractivity contribution in [3.05, 3.63) is 101 Å². The third-order valence-corrected chi connectivity index (χ3v) is 8.94. The van der Waals surface area contributed by atoms with E-state index in [0.717, 1.165) is 43.5 Å². The standard InChI is InChI=1S/C34H41FN2O/c1-26-17-20-34(21-18-26,37-22-6-5-10-28(19-23-37)24-27-8-3-2-4-9-27)30-11-7-12-32(25-30)36-33(38)29-13-15-31(35)16-14-29/h2-4,7-9,11-16,25-26,28H,5-6,10,17-24H2,1H3,(H,36,38). The summed E-state index contributed by atoms with van der Waals surface area (Å²) in [4.78, 5) is 15.7. The van der Waals surface area contributed by atoms with Crippen molar-refractivity contribution in [2.75, 3.05) is 18.4 Å². The summed E-state index contributed by atoms with van der Waals surface area (Å²) >= 11 is 0. The third kappa shape index (κ3) is 6.35. The zero-order valence-electron chi connectivity index (χ0n) is 22.7. The molecule has 3 nitrogen and oxygen atoms in total. The molecule has 1 aliphatic carbocycles. The molecule has 5 rings (SSSR count). The second kappa shape index (κ2) is 12.3. The third-order valence-electron chi connectivity index (χ3n) is 8.94. The van der Waals surface area contributed by atoms with Crippen molar-refractivity contribution >= 4 is 11.6 Å². The molecule has 1 N–H and O–H groups in total. The lowest BCUT2D eigenvalue weighted by atomic mass is 9.71. The summed E-state index contributed by atoms with van der Waals surface area (Å²) < 4.78 is 13.3. The number of carbonyl (C=O) groups is 1. The molecule has 3 aromatic rings. The summed E-state index contributed by atoms with van der Waals surface area (Å²) in [7, 11) is 0. The maximum atomic E-state index is 13.3. The van der Waals surface area contributed by atoms with Crippen molar-refractivity contribution in [2.45, 2.75) is 70.3 Å². The fraction of sp³-hybridized carbons (Fsp3) is 0.441. The second-order valence-electron chi connectivity index (χ2n) is 11.6. The van der Waals surface area contributed by atoms with Crippen LogP contribution in [0.3, 0.4) is 0 Å². The second-order valence-corrected chi connectivity index (χ2v) is 11.6. The summed E-state index contributed by atoms with van der Waals surface area (Å²) in [5.74, 6) is 0.936. The minimum atomic E-state index is -0.337. The molecule has 2 fully saturated rings. The van der Waals surface area contributed by atoms with Crippen LogP contribution in [-0.2, 0) is 12.0 Å². The van der Waals surface area contributed by atoms with Gasteiger partial charge in [0.2, 0.25) is 0 Å². The number of benzene rings is 3. The van der Waals surface area contributed by atoms with E-state index in [1.165, 1.54) is 80.3 Å². The van der Waals surface area contributed by atoms with E-state index in [-0.39, 0.29) is 17.3 Å². The molecule has 1 saturated heterocycles. The van der Waals surface area contributed by atoms with Crippen molar-refractivity contribution in [1.29, 1.82) is 0 Å². The van der Waals surface area contributed by atoms with Crippen LogP contribution in [0.2, 0.25) is 0 Å². The van der Waals surface area contributed by atoms with Gasteiger partial charge in [-0.2, -0.15) is 0 Å². The first-order chi connectivity index (χ1) is 18.5. The Balaban J connectivity index is 1.36. The summed E-state index contributed by atoms with van der Waals surface area (Å²) in [5.41, 5.74) is 4.06. The fourth-order valence-electron chi connectivity index (χ4n) is 6.63. The van der Waals surface area contributed by atoms with Gasteiger partial charge in [-0.1, -0.05) is 62.2 Å².